The predicted molar refractivity (Wildman–Crippen MR) is 97.1 cm³/mol. The van der Waals surface area contributed by atoms with Crippen molar-refractivity contribution in [3.05, 3.63) is 0 Å². The number of esters is 5. The van der Waals surface area contributed by atoms with Crippen molar-refractivity contribution < 1.29 is 57.2 Å². The molecule has 1 saturated carbocycles. The van der Waals surface area contributed by atoms with E-state index in [0.717, 1.165) is 41.9 Å². The topological polar surface area (TPSA) is 170 Å². The van der Waals surface area contributed by atoms with Crippen molar-refractivity contribution in [2.75, 3.05) is 14.2 Å². The van der Waals surface area contributed by atoms with Crippen LogP contribution >= 0.6 is 0 Å². The fourth-order valence-electron chi connectivity index (χ4n) is 3.29. The van der Waals surface area contributed by atoms with E-state index in [9.17, 15) is 28.8 Å². The van der Waals surface area contributed by atoms with Gasteiger partial charge in [0.25, 0.3) is 0 Å². The third-order valence-corrected chi connectivity index (χ3v) is 4.22. The van der Waals surface area contributed by atoms with E-state index in [0.29, 0.717) is 0 Å². The molecule has 0 heterocycles. The highest BCUT2D eigenvalue weighted by Gasteiger charge is 2.60. The quantitative estimate of drug-likeness (QED) is 0.399. The van der Waals surface area contributed by atoms with Crippen LogP contribution in [0, 0.1) is 5.92 Å². The van der Waals surface area contributed by atoms with Gasteiger partial charge in [-0.3, -0.25) is 24.0 Å². The average molecular weight is 447 g/mol. The molecule has 13 nitrogen and oxygen atoms in total. The van der Waals surface area contributed by atoms with Gasteiger partial charge in [0.1, 0.15) is 5.92 Å². The standard InChI is InChI=1S/C18H25NO12/c1-7(20)28-13-11(17(24)26-5)12(19-18(25)27-6)14(29-8(2)21)16(31-10(4)23)15(13)30-9(3)22/h11-16H,1-6H3,(H,19,25)/t11-,12+,13+,14+,15-,16+/m0/s1. The second kappa shape index (κ2) is 11.1. The Labute approximate surface area is 177 Å². The average Bonchev–Trinajstić information content (AvgIpc) is 2.65. The molecule has 6 atom stereocenters. The molecule has 1 fully saturated rings. The Morgan fingerprint density at radius 2 is 0.968 bits per heavy atom. The van der Waals surface area contributed by atoms with Gasteiger partial charge in [0.15, 0.2) is 24.4 Å². The molecule has 0 radical (unpaired) electrons. The van der Waals surface area contributed by atoms with Crippen molar-refractivity contribution in [3.8, 4) is 0 Å². The Kier molecular flexibility index (Phi) is 9.21. The van der Waals surface area contributed by atoms with Crippen molar-refractivity contribution >= 4 is 35.9 Å². The highest BCUT2D eigenvalue weighted by Crippen LogP contribution is 2.35. The molecule has 0 aromatic heterocycles. The number of ether oxygens (including phenoxy) is 6. The van der Waals surface area contributed by atoms with Crippen LogP contribution < -0.4 is 5.32 Å². The number of hydrogen-bond acceptors (Lipinski definition) is 12. The minimum absolute atomic E-state index is 0.866. The molecule has 0 saturated heterocycles. The third-order valence-electron chi connectivity index (χ3n) is 4.22. The molecule has 0 spiro atoms. The molecule has 1 aliphatic rings. The minimum Gasteiger partial charge on any atom is -0.469 e. The van der Waals surface area contributed by atoms with Gasteiger partial charge in [-0.25, -0.2) is 4.79 Å². The summed E-state index contributed by atoms with van der Waals surface area (Å²) in [6.07, 6.45) is -7.29. The number of methoxy groups -OCH3 is 2. The van der Waals surface area contributed by atoms with Gasteiger partial charge in [-0.1, -0.05) is 0 Å². The lowest BCUT2D eigenvalue weighted by Gasteiger charge is -2.47. The Hall–Kier alpha value is -3.38. The van der Waals surface area contributed by atoms with Crippen molar-refractivity contribution in [1.29, 1.82) is 0 Å². The fourth-order valence-corrected chi connectivity index (χ4v) is 3.29. The highest BCUT2D eigenvalue weighted by molar-refractivity contribution is 5.78. The summed E-state index contributed by atoms with van der Waals surface area (Å²) in [6.45, 7) is 4.13. The number of nitrogens with one attached hydrogen (secondary N) is 1. The Balaban J connectivity index is 3.73. The lowest BCUT2D eigenvalue weighted by Crippen LogP contribution is -2.70. The van der Waals surface area contributed by atoms with Gasteiger partial charge in [0.05, 0.1) is 20.3 Å². The minimum atomic E-state index is -1.58. The highest BCUT2D eigenvalue weighted by atomic mass is 16.6. The lowest BCUT2D eigenvalue weighted by molar-refractivity contribution is -0.226. The second-order valence-corrected chi connectivity index (χ2v) is 6.51. The zero-order chi connectivity index (χ0) is 23.9. The second-order valence-electron chi connectivity index (χ2n) is 6.51. The number of alkyl carbamates (subject to hydrolysis) is 1. The van der Waals surface area contributed by atoms with Crippen LogP contribution in [0.15, 0.2) is 0 Å². The molecule has 0 aromatic carbocycles. The van der Waals surface area contributed by atoms with E-state index < -0.39 is 72.3 Å². The van der Waals surface area contributed by atoms with Gasteiger partial charge in [0, 0.05) is 27.7 Å². The first-order valence-electron chi connectivity index (χ1n) is 9.04. The molecule has 1 N–H and O–H groups in total. The monoisotopic (exact) mass is 447 g/mol. The lowest BCUT2D eigenvalue weighted by atomic mass is 9.76. The summed E-state index contributed by atoms with van der Waals surface area (Å²) in [5, 5.41) is 2.31. The third kappa shape index (κ3) is 6.83. The van der Waals surface area contributed by atoms with Crippen LogP contribution in [0.3, 0.4) is 0 Å². The van der Waals surface area contributed by atoms with E-state index in [4.69, 9.17) is 23.7 Å². The summed E-state index contributed by atoms with van der Waals surface area (Å²) in [5.74, 6) is -6.01. The zero-order valence-electron chi connectivity index (χ0n) is 17.9. The predicted octanol–water partition coefficient (Wildman–Crippen LogP) is -0.759. The van der Waals surface area contributed by atoms with Crippen LogP contribution in [0.1, 0.15) is 27.7 Å². The summed E-state index contributed by atoms with van der Waals surface area (Å²) in [4.78, 5) is 71.6. The molecule has 1 rings (SSSR count). The van der Waals surface area contributed by atoms with Gasteiger partial charge in [-0.15, -0.1) is 0 Å². The first kappa shape index (κ1) is 25.7. The van der Waals surface area contributed by atoms with Crippen LogP contribution in [0.2, 0.25) is 0 Å². The van der Waals surface area contributed by atoms with E-state index in [1.165, 1.54) is 0 Å². The van der Waals surface area contributed by atoms with Crippen molar-refractivity contribution in [2.24, 2.45) is 5.92 Å². The smallest absolute Gasteiger partial charge is 0.407 e. The molecular formula is C18H25NO12. The van der Waals surface area contributed by atoms with E-state index in [-0.39, 0.29) is 0 Å². The molecular weight excluding hydrogens is 422 g/mol. The van der Waals surface area contributed by atoms with Crippen LogP contribution in [-0.4, -0.2) is 80.6 Å². The van der Waals surface area contributed by atoms with Gasteiger partial charge in [-0.2, -0.15) is 0 Å². The number of hydrogen-bond donors (Lipinski definition) is 1. The summed E-state index contributed by atoms with van der Waals surface area (Å²) in [7, 11) is 2.07. The Bertz CT molecular complexity index is 735. The molecule has 0 bridgehead atoms. The molecule has 174 valence electrons. The van der Waals surface area contributed by atoms with Crippen molar-refractivity contribution in [1.82, 2.24) is 5.32 Å². The van der Waals surface area contributed by atoms with E-state index in [2.05, 4.69) is 10.1 Å². The summed E-state index contributed by atoms with van der Waals surface area (Å²) < 4.78 is 30.2. The summed E-state index contributed by atoms with van der Waals surface area (Å²) in [5.41, 5.74) is 0. The van der Waals surface area contributed by atoms with Crippen molar-refractivity contribution in [2.45, 2.75) is 58.2 Å². The number of carbonyl (C=O) groups excluding carboxylic acids is 6. The Morgan fingerprint density at radius 1 is 0.581 bits per heavy atom. The molecule has 31 heavy (non-hydrogen) atoms. The van der Waals surface area contributed by atoms with Crippen molar-refractivity contribution in [3.63, 3.8) is 0 Å². The first-order chi connectivity index (χ1) is 14.4. The van der Waals surface area contributed by atoms with Gasteiger partial charge >= 0.3 is 35.9 Å². The van der Waals surface area contributed by atoms with Crippen LogP contribution in [0.4, 0.5) is 4.79 Å². The van der Waals surface area contributed by atoms with E-state index in [1.54, 1.807) is 0 Å². The van der Waals surface area contributed by atoms with E-state index in [1.807, 2.05) is 0 Å². The van der Waals surface area contributed by atoms with Gasteiger partial charge in [0.2, 0.25) is 0 Å². The number of amides is 1. The fraction of sp³-hybridized carbons (Fsp3) is 0.667. The van der Waals surface area contributed by atoms with Crippen LogP contribution in [0.25, 0.3) is 0 Å². The Morgan fingerprint density at radius 3 is 1.35 bits per heavy atom. The maximum atomic E-state index is 12.6. The summed E-state index contributed by atoms with van der Waals surface area (Å²) >= 11 is 0. The maximum Gasteiger partial charge on any atom is 0.407 e. The normalized spacial score (nSPS) is 27.2. The number of rotatable bonds is 6. The SMILES string of the molecule is COC(=O)N[C@H]1[C@@H](OC(C)=O)[C@@H](OC(C)=O)[C@@H](OC(C)=O)[C@H](OC(C)=O)[C@H]1C(=O)OC. The van der Waals surface area contributed by atoms with Gasteiger partial charge in [-0.05, 0) is 0 Å². The largest absolute Gasteiger partial charge is 0.469 e. The summed E-state index contributed by atoms with van der Waals surface area (Å²) in [6, 6.07) is -1.45. The molecule has 0 unspecified atom stereocenters. The molecule has 1 amide bonds. The van der Waals surface area contributed by atoms with Gasteiger partial charge < -0.3 is 33.7 Å². The maximum absolute atomic E-state index is 12.6. The molecule has 0 aromatic rings. The zero-order valence-corrected chi connectivity index (χ0v) is 17.9. The van der Waals surface area contributed by atoms with Crippen LogP contribution in [-0.2, 0) is 52.4 Å². The first-order valence-corrected chi connectivity index (χ1v) is 9.04. The number of carbonyl (C=O) groups is 6. The molecule has 13 heteroatoms. The van der Waals surface area contributed by atoms with E-state index >= 15 is 0 Å². The van der Waals surface area contributed by atoms with Crippen LogP contribution in [0.5, 0.6) is 0 Å². The molecule has 0 aliphatic heterocycles. The molecule has 1 aliphatic carbocycles.